The Balaban J connectivity index is 1.98. The minimum atomic E-state index is -0.391. The van der Waals surface area contributed by atoms with Gasteiger partial charge < -0.3 is 9.47 Å². The van der Waals surface area contributed by atoms with Crippen LogP contribution in [0.5, 0.6) is 0 Å². The van der Waals surface area contributed by atoms with Crippen LogP contribution < -0.4 is 0 Å². The van der Waals surface area contributed by atoms with Gasteiger partial charge in [-0.2, -0.15) is 0 Å². The summed E-state index contributed by atoms with van der Waals surface area (Å²) >= 11 is 1.94. The predicted molar refractivity (Wildman–Crippen MR) is 96.0 cm³/mol. The molecule has 0 radical (unpaired) electrons. The molecule has 0 unspecified atom stereocenters. The van der Waals surface area contributed by atoms with Gasteiger partial charge in [0.25, 0.3) is 0 Å². The van der Waals surface area contributed by atoms with Crippen LogP contribution in [-0.2, 0) is 20.9 Å². The summed E-state index contributed by atoms with van der Waals surface area (Å²) in [6.45, 7) is 0.237. The summed E-state index contributed by atoms with van der Waals surface area (Å²) in [7, 11) is 1.34. The molecule has 0 heterocycles. The molecule has 0 spiro atoms. The fourth-order valence-electron chi connectivity index (χ4n) is 1.83. The molecule has 0 aliphatic rings. The number of methoxy groups -OCH3 is 1. The highest BCUT2D eigenvalue weighted by atomic mass is 127. The van der Waals surface area contributed by atoms with Gasteiger partial charge >= 0.3 is 11.9 Å². The Bertz CT molecular complexity index is 706. The molecule has 0 bridgehead atoms. The average Bonchev–Trinajstić information content (AvgIpc) is 2.60. The number of hydrogen-bond acceptors (Lipinski definition) is 4. The third-order valence-electron chi connectivity index (χ3n) is 3.03. The first-order chi connectivity index (χ1) is 11.1. The molecule has 0 saturated carbocycles. The Kier molecular flexibility index (Phi) is 6.34. The zero-order chi connectivity index (χ0) is 16.7. The summed E-state index contributed by atoms with van der Waals surface area (Å²) in [5.74, 6) is -0.774. The molecule has 0 fully saturated rings. The van der Waals surface area contributed by atoms with Gasteiger partial charge in [0.05, 0.1) is 16.3 Å². The highest BCUT2D eigenvalue weighted by Gasteiger charge is 2.09. The second-order valence-electron chi connectivity index (χ2n) is 4.67. The molecule has 0 aromatic heterocycles. The quantitative estimate of drug-likeness (QED) is 0.416. The molecule has 118 valence electrons. The van der Waals surface area contributed by atoms with Crippen molar-refractivity contribution in [3.63, 3.8) is 0 Å². The molecule has 2 aromatic carbocycles. The Morgan fingerprint density at radius 1 is 1.04 bits per heavy atom. The van der Waals surface area contributed by atoms with Crippen molar-refractivity contribution in [3.05, 3.63) is 74.9 Å². The zero-order valence-electron chi connectivity index (χ0n) is 12.5. The standard InChI is InChI=1S/C18H15IO4/c1-22-17(20)15-9-7-13(8-10-15)11-16(19)18(21)23-12-14-5-3-2-4-6-14/h2-11H,12H2,1H3. The summed E-state index contributed by atoms with van der Waals surface area (Å²) in [6.07, 6.45) is 1.70. The van der Waals surface area contributed by atoms with E-state index in [4.69, 9.17) is 4.74 Å². The van der Waals surface area contributed by atoms with Crippen LogP contribution in [0.3, 0.4) is 0 Å². The lowest BCUT2D eigenvalue weighted by Crippen LogP contribution is -2.04. The van der Waals surface area contributed by atoms with Gasteiger partial charge in [0.2, 0.25) is 0 Å². The molecule has 5 heteroatoms. The molecule has 0 aliphatic carbocycles. The van der Waals surface area contributed by atoms with Crippen molar-refractivity contribution in [1.29, 1.82) is 0 Å². The van der Waals surface area contributed by atoms with Crippen LogP contribution >= 0.6 is 22.6 Å². The molecular formula is C18H15IO4. The molecule has 2 rings (SSSR count). The smallest absolute Gasteiger partial charge is 0.344 e. The summed E-state index contributed by atoms with van der Waals surface area (Å²) in [4.78, 5) is 23.3. The summed E-state index contributed by atoms with van der Waals surface area (Å²) in [5, 5.41) is 0. The van der Waals surface area contributed by atoms with Crippen LogP contribution in [0.25, 0.3) is 6.08 Å². The first-order valence-corrected chi connectivity index (χ1v) is 7.94. The van der Waals surface area contributed by atoms with Crippen molar-refractivity contribution in [2.24, 2.45) is 0 Å². The van der Waals surface area contributed by atoms with E-state index >= 15 is 0 Å². The van der Waals surface area contributed by atoms with Crippen LogP contribution in [-0.4, -0.2) is 19.0 Å². The maximum absolute atomic E-state index is 12.0. The van der Waals surface area contributed by atoms with Crippen LogP contribution in [0.1, 0.15) is 21.5 Å². The lowest BCUT2D eigenvalue weighted by molar-refractivity contribution is -0.139. The van der Waals surface area contributed by atoms with E-state index in [0.717, 1.165) is 11.1 Å². The number of esters is 2. The van der Waals surface area contributed by atoms with Gasteiger partial charge in [-0.3, -0.25) is 0 Å². The first kappa shape index (κ1) is 17.2. The van der Waals surface area contributed by atoms with Crippen molar-refractivity contribution in [3.8, 4) is 0 Å². The summed E-state index contributed by atoms with van der Waals surface area (Å²) < 4.78 is 10.4. The third-order valence-corrected chi connectivity index (χ3v) is 3.78. The number of ether oxygens (including phenoxy) is 2. The molecular weight excluding hydrogens is 407 g/mol. The third kappa shape index (κ3) is 5.21. The number of hydrogen-bond donors (Lipinski definition) is 0. The molecule has 0 amide bonds. The van der Waals surface area contributed by atoms with E-state index in [1.807, 2.05) is 52.9 Å². The van der Waals surface area contributed by atoms with Crippen molar-refractivity contribution in [2.75, 3.05) is 7.11 Å². The maximum Gasteiger partial charge on any atom is 0.344 e. The Hall–Kier alpha value is -2.15. The molecule has 0 atom stereocenters. The largest absolute Gasteiger partial charge is 0.465 e. The predicted octanol–water partition coefficient (Wildman–Crippen LogP) is 3.99. The Morgan fingerprint density at radius 3 is 2.30 bits per heavy atom. The van der Waals surface area contributed by atoms with E-state index in [2.05, 4.69) is 4.74 Å². The van der Waals surface area contributed by atoms with Crippen molar-refractivity contribution < 1.29 is 19.1 Å². The normalized spacial score (nSPS) is 11.0. The number of rotatable bonds is 5. The average molecular weight is 422 g/mol. The van der Waals surface area contributed by atoms with Crippen LogP contribution in [0.15, 0.2) is 58.2 Å². The number of carbonyl (C=O) groups excluding carboxylic acids is 2. The van der Waals surface area contributed by atoms with Gasteiger partial charge in [-0.1, -0.05) is 42.5 Å². The highest BCUT2D eigenvalue weighted by Crippen LogP contribution is 2.16. The lowest BCUT2D eigenvalue weighted by Gasteiger charge is -2.04. The molecule has 4 nitrogen and oxygen atoms in total. The molecule has 0 saturated heterocycles. The van der Waals surface area contributed by atoms with Crippen molar-refractivity contribution >= 4 is 40.6 Å². The van der Waals surface area contributed by atoms with Gasteiger partial charge in [-0.15, -0.1) is 0 Å². The lowest BCUT2D eigenvalue weighted by atomic mass is 10.1. The summed E-state index contributed by atoms with van der Waals surface area (Å²) in [6, 6.07) is 16.3. The SMILES string of the molecule is COC(=O)c1ccc(C=C(I)C(=O)OCc2ccccc2)cc1. The van der Waals surface area contributed by atoms with E-state index < -0.39 is 5.97 Å². The second-order valence-corrected chi connectivity index (χ2v) is 5.83. The number of benzene rings is 2. The monoisotopic (exact) mass is 422 g/mol. The minimum absolute atomic E-state index is 0.237. The second kappa shape index (κ2) is 8.47. The van der Waals surface area contributed by atoms with E-state index in [1.165, 1.54) is 7.11 Å². The summed E-state index contributed by atoms with van der Waals surface area (Å²) in [5.41, 5.74) is 2.21. The van der Waals surface area contributed by atoms with Gasteiger partial charge in [0.15, 0.2) is 0 Å². The van der Waals surface area contributed by atoms with E-state index in [-0.39, 0.29) is 12.6 Å². The highest BCUT2D eigenvalue weighted by molar-refractivity contribution is 14.1. The molecule has 0 N–H and O–H groups in total. The Labute approximate surface area is 148 Å². The van der Waals surface area contributed by atoms with E-state index in [0.29, 0.717) is 9.14 Å². The molecule has 23 heavy (non-hydrogen) atoms. The topological polar surface area (TPSA) is 52.6 Å². The number of halogens is 1. The maximum atomic E-state index is 12.0. The number of carbonyl (C=O) groups is 2. The minimum Gasteiger partial charge on any atom is -0.465 e. The fourth-order valence-corrected chi connectivity index (χ4v) is 2.35. The van der Waals surface area contributed by atoms with Gasteiger partial charge in [-0.25, -0.2) is 9.59 Å². The Morgan fingerprint density at radius 2 is 1.70 bits per heavy atom. The van der Waals surface area contributed by atoms with Gasteiger partial charge in [0, 0.05) is 0 Å². The molecule has 2 aromatic rings. The van der Waals surface area contributed by atoms with Crippen molar-refractivity contribution in [2.45, 2.75) is 6.61 Å². The van der Waals surface area contributed by atoms with Crippen molar-refractivity contribution in [1.82, 2.24) is 0 Å². The van der Waals surface area contributed by atoms with E-state index in [1.54, 1.807) is 30.3 Å². The first-order valence-electron chi connectivity index (χ1n) is 6.87. The van der Waals surface area contributed by atoms with Crippen LogP contribution in [0.4, 0.5) is 0 Å². The van der Waals surface area contributed by atoms with Crippen LogP contribution in [0, 0.1) is 0 Å². The van der Waals surface area contributed by atoms with Gasteiger partial charge in [-0.05, 0) is 51.9 Å². The van der Waals surface area contributed by atoms with E-state index in [9.17, 15) is 9.59 Å². The zero-order valence-corrected chi connectivity index (χ0v) is 14.6. The van der Waals surface area contributed by atoms with Crippen LogP contribution in [0.2, 0.25) is 0 Å². The van der Waals surface area contributed by atoms with Gasteiger partial charge in [0.1, 0.15) is 6.61 Å². The molecule has 0 aliphatic heterocycles. The fraction of sp³-hybridized carbons (Fsp3) is 0.111.